The first-order valence-corrected chi connectivity index (χ1v) is 10.6. The van der Waals surface area contributed by atoms with Gasteiger partial charge in [-0.1, -0.05) is 12.7 Å². The average Bonchev–Trinajstić information content (AvgIpc) is 3.00. The zero-order valence-corrected chi connectivity index (χ0v) is 19.3. The monoisotopic (exact) mass is 462 g/mol. The molecule has 0 bridgehead atoms. The van der Waals surface area contributed by atoms with Crippen LogP contribution in [0.5, 0.6) is 0 Å². The Labute approximate surface area is 192 Å². The van der Waals surface area contributed by atoms with Gasteiger partial charge in [-0.15, -0.1) is 0 Å². The summed E-state index contributed by atoms with van der Waals surface area (Å²) in [7, 11) is 0. The lowest BCUT2D eigenvalue weighted by Gasteiger charge is -2.29. The molecular formula is C24H30O9. The molecule has 4 atom stereocenters. The van der Waals surface area contributed by atoms with Gasteiger partial charge in [-0.05, 0) is 37.1 Å². The highest BCUT2D eigenvalue weighted by atomic mass is 16.6. The number of fused-ring (bicyclic) bond motifs is 1. The second-order valence-electron chi connectivity index (χ2n) is 8.03. The Morgan fingerprint density at radius 3 is 2.52 bits per heavy atom. The molecule has 0 saturated carbocycles. The maximum atomic E-state index is 12.6. The smallest absolute Gasteiger partial charge is 0.334 e. The molecule has 9 nitrogen and oxygen atoms in total. The van der Waals surface area contributed by atoms with Crippen LogP contribution in [0.15, 0.2) is 47.1 Å². The fraction of sp³-hybridized carbons (Fsp3) is 0.500. The zero-order chi connectivity index (χ0) is 24.7. The van der Waals surface area contributed by atoms with Crippen molar-refractivity contribution in [2.45, 2.75) is 58.8 Å². The summed E-state index contributed by atoms with van der Waals surface area (Å²) < 4.78 is 21.8. The molecule has 1 heterocycles. The summed E-state index contributed by atoms with van der Waals surface area (Å²) in [6.45, 7) is 9.26. The lowest BCUT2D eigenvalue weighted by Crippen LogP contribution is -2.35. The number of carbonyl (C=O) groups excluding carboxylic acids is 4. The lowest BCUT2D eigenvalue weighted by molar-refractivity contribution is -0.148. The standard InChI is InChI=1S/C24H30O9/c1-13(8-9-25)23(28)32-21-11-18(12-30-16(4)26)6-7-19(31-17(5)27)14(2)10-20-22(21)15(3)24(29)33-20/h6,8,10,19-22,25H,3,7,9,11-12H2,1-2,4-5H3/b13-8+,14-10-,18-6+/t19-,20+,21-,22-/m0/s1. The number of ether oxygens (including phenoxy) is 4. The number of esters is 4. The molecule has 0 unspecified atom stereocenters. The summed E-state index contributed by atoms with van der Waals surface area (Å²) in [5.41, 5.74) is 1.61. The van der Waals surface area contributed by atoms with Crippen LogP contribution in [0.2, 0.25) is 0 Å². The number of aliphatic hydroxyl groups excluding tert-OH is 1. The lowest BCUT2D eigenvalue weighted by atomic mass is 9.85. The molecule has 33 heavy (non-hydrogen) atoms. The van der Waals surface area contributed by atoms with E-state index in [1.54, 1.807) is 19.1 Å². The van der Waals surface area contributed by atoms with Crippen LogP contribution in [0.4, 0.5) is 0 Å². The van der Waals surface area contributed by atoms with Crippen molar-refractivity contribution >= 4 is 23.9 Å². The van der Waals surface area contributed by atoms with E-state index in [0.29, 0.717) is 11.1 Å². The number of rotatable bonds is 6. The highest BCUT2D eigenvalue weighted by molar-refractivity contribution is 5.92. The number of aliphatic hydroxyl groups is 1. The molecule has 2 rings (SSSR count). The van der Waals surface area contributed by atoms with Crippen molar-refractivity contribution in [3.8, 4) is 0 Å². The van der Waals surface area contributed by atoms with Gasteiger partial charge >= 0.3 is 23.9 Å². The fourth-order valence-electron chi connectivity index (χ4n) is 3.69. The minimum Gasteiger partial charge on any atom is -0.461 e. The summed E-state index contributed by atoms with van der Waals surface area (Å²) in [5, 5.41) is 9.09. The van der Waals surface area contributed by atoms with Gasteiger partial charge < -0.3 is 24.1 Å². The second-order valence-corrected chi connectivity index (χ2v) is 8.03. The van der Waals surface area contributed by atoms with E-state index < -0.39 is 48.1 Å². The molecule has 1 fully saturated rings. The highest BCUT2D eigenvalue weighted by Gasteiger charge is 2.45. The van der Waals surface area contributed by atoms with Gasteiger partial charge in [0.25, 0.3) is 0 Å². The van der Waals surface area contributed by atoms with Gasteiger partial charge in [-0.25, -0.2) is 9.59 Å². The Morgan fingerprint density at radius 2 is 1.91 bits per heavy atom. The molecule has 2 aliphatic rings. The van der Waals surface area contributed by atoms with E-state index in [0.717, 1.165) is 0 Å². The molecule has 0 aromatic carbocycles. The predicted molar refractivity (Wildman–Crippen MR) is 116 cm³/mol. The van der Waals surface area contributed by atoms with Crippen molar-refractivity contribution in [2.75, 3.05) is 13.2 Å². The first-order valence-electron chi connectivity index (χ1n) is 10.6. The number of hydrogen-bond donors (Lipinski definition) is 1. The van der Waals surface area contributed by atoms with Crippen LogP contribution >= 0.6 is 0 Å². The first-order chi connectivity index (χ1) is 15.5. The maximum Gasteiger partial charge on any atom is 0.334 e. The van der Waals surface area contributed by atoms with Gasteiger partial charge in [-0.3, -0.25) is 9.59 Å². The third kappa shape index (κ3) is 7.15. The van der Waals surface area contributed by atoms with E-state index in [9.17, 15) is 19.2 Å². The van der Waals surface area contributed by atoms with E-state index in [4.69, 9.17) is 24.1 Å². The van der Waals surface area contributed by atoms with Crippen LogP contribution < -0.4 is 0 Å². The van der Waals surface area contributed by atoms with E-state index in [1.165, 1.54) is 26.8 Å². The Hall–Kier alpha value is -3.20. The quantitative estimate of drug-likeness (QED) is 0.273. The molecule has 1 saturated heterocycles. The van der Waals surface area contributed by atoms with Crippen molar-refractivity contribution < 1.29 is 43.2 Å². The van der Waals surface area contributed by atoms with Gasteiger partial charge in [0.1, 0.15) is 24.9 Å². The van der Waals surface area contributed by atoms with Gasteiger partial charge in [0.2, 0.25) is 0 Å². The van der Waals surface area contributed by atoms with Crippen LogP contribution in [0.1, 0.15) is 40.5 Å². The van der Waals surface area contributed by atoms with E-state index in [1.807, 2.05) is 0 Å². The van der Waals surface area contributed by atoms with Gasteiger partial charge in [-0.2, -0.15) is 0 Å². The van der Waals surface area contributed by atoms with Crippen molar-refractivity contribution in [2.24, 2.45) is 5.92 Å². The van der Waals surface area contributed by atoms with Crippen molar-refractivity contribution in [1.82, 2.24) is 0 Å². The maximum absolute atomic E-state index is 12.6. The van der Waals surface area contributed by atoms with E-state index in [-0.39, 0.29) is 37.2 Å². The molecule has 1 aliphatic heterocycles. The summed E-state index contributed by atoms with van der Waals surface area (Å²) in [4.78, 5) is 48.0. The van der Waals surface area contributed by atoms with Crippen molar-refractivity contribution in [1.29, 1.82) is 0 Å². The van der Waals surface area contributed by atoms with E-state index >= 15 is 0 Å². The Kier molecular flexibility index (Phi) is 9.16. The van der Waals surface area contributed by atoms with Crippen molar-refractivity contribution in [3.63, 3.8) is 0 Å². The van der Waals surface area contributed by atoms with Crippen LogP contribution in [-0.2, 0) is 38.1 Å². The minimum atomic E-state index is -0.861. The highest BCUT2D eigenvalue weighted by Crippen LogP contribution is 2.37. The zero-order valence-electron chi connectivity index (χ0n) is 19.3. The summed E-state index contributed by atoms with van der Waals surface area (Å²) >= 11 is 0. The molecule has 9 heteroatoms. The number of carbonyl (C=O) groups is 4. The van der Waals surface area contributed by atoms with Crippen LogP contribution in [0.3, 0.4) is 0 Å². The topological polar surface area (TPSA) is 125 Å². The van der Waals surface area contributed by atoms with Crippen LogP contribution in [-0.4, -0.2) is 60.5 Å². The van der Waals surface area contributed by atoms with Gasteiger partial charge in [0.15, 0.2) is 0 Å². The summed E-state index contributed by atoms with van der Waals surface area (Å²) in [5.74, 6) is -2.95. The number of hydrogen-bond acceptors (Lipinski definition) is 9. The summed E-state index contributed by atoms with van der Waals surface area (Å²) in [6, 6.07) is 0. The molecule has 0 aromatic heterocycles. The van der Waals surface area contributed by atoms with Gasteiger partial charge in [0, 0.05) is 37.8 Å². The molecule has 0 aromatic rings. The Balaban J connectivity index is 2.50. The third-order valence-electron chi connectivity index (χ3n) is 5.43. The molecule has 0 amide bonds. The third-order valence-corrected chi connectivity index (χ3v) is 5.43. The summed E-state index contributed by atoms with van der Waals surface area (Å²) in [6.07, 6.45) is 2.90. The molecule has 0 spiro atoms. The predicted octanol–water partition coefficient (Wildman–Crippen LogP) is 2.10. The van der Waals surface area contributed by atoms with Crippen molar-refractivity contribution in [3.05, 3.63) is 47.1 Å². The normalized spacial score (nSPS) is 28.9. The molecule has 180 valence electrons. The largest absolute Gasteiger partial charge is 0.461 e. The average molecular weight is 462 g/mol. The fourth-order valence-corrected chi connectivity index (χ4v) is 3.69. The molecule has 0 radical (unpaired) electrons. The Morgan fingerprint density at radius 1 is 1.21 bits per heavy atom. The Bertz CT molecular complexity index is 909. The minimum absolute atomic E-state index is 0.0664. The van der Waals surface area contributed by atoms with Gasteiger partial charge in [0.05, 0.1) is 12.5 Å². The SMILES string of the molecule is C=C1C(=O)O[C@@H]2/C=C(/C)[C@@H](OC(C)=O)C/C=C(/COC(C)=O)C[C@H](OC(=O)/C(C)=C/CO)[C@@H]12. The molecular weight excluding hydrogens is 432 g/mol. The molecule has 1 aliphatic carbocycles. The first kappa shape index (κ1) is 26.1. The molecule has 1 N–H and O–H groups in total. The van der Waals surface area contributed by atoms with Crippen LogP contribution in [0, 0.1) is 5.92 Å². The van der Waals surface area contributed by atoms with Crippen LogP contribution in [0.25, 0.3) is 0 Å². The second kappa shape index (κ2) is 11.6. The van der Waals surface area contributed by atoms with E-state index in [2.05, 4.69) is 6.58 Å².